The molecule has 0 aromatic heterocycles. The molecule has 0 fully saturated rings. The normalized spacial score (nSPS) is 10.8. The Kier molecular flexibility index (Phi) is 2.82. The van der Waals surface area contributed by atoms with Gasteiger partial charge < -0.3 is 10.8 Å². The maximum atomic E-state index is 12.5. The average Bonchev–Trinajstić information content (AvgIpc) is 2.03. The van der Waals surface area contributed by atoms with Crippen molar-refractivity contribution in [2.75, 3.05) is 12.3 Å². The van der Waals surface area contributed by atoms with Gasteiger partial charge in [-0.15, -0.1) is 0 Å². The van der Waals surface area contributed by atoms with Crippen LogP contribution < -0.4 is 5.73 Å². The van der Waals surface area contributed by atoms with Crippen LogP contribution in [0.25, 0.3) is 6.08 Å². The Morgan fingerprint density at radius 3 is 2.83 bits per heavy atom. The molecule has 0 amide bonds. The zero-order valence-electron chi connectivity index (χ0n) is 6.50. The molecular weight excluding hydrogens is 157 g/mol. The molecule has 0 unspecified atom stereocenters. The lowest BCUT2D eigenvalue weighted by Gasteiger charge is -1.98. The molecule has 64 valence electrons. The van der Waals surface area contributed by atoms with Gasteiger partial charge in [0, 0.05) is 5.69 Å². The van der Waals surface area contributed by atoms with Crippen molar-refractivity contribution in [3.63, 3.8) is 0 Å². The van der Waals surface area contributed by atoms with Crippen molar-refractivity contribution in [3.05, 3.63) is 35.7 Å². The fraction of sp³-hybridized carbons (Fsp3) is 0.111. The van der Waals surface area contributed by atoms with Crippen LogP contribution in [0.15, 0.2) is 24.3 Å². The molecule has 0 radical (unpaired) electrons. The number of benzene rings is 1. The minimum atomic E-state index is -0.353. The Morgan fingerprint density at radius 1 is 1.50 bits per heavy atom. The van der Waals surface area contributed by atoms with E-state index in [9.17, 15) is 4.39 Å². The van der Waals surface area contributed by atoms with Crippen LogP contribution in [0.5, 0.6) is 0 Å². The van der Waals surface area contributed by atoms with E-state index < -0.39 is 0 Å². The summed E-state index contributed by atoms with van der Waals surface area (Å²) in [5.74, 6) is -0.353. The van der Waals surface area contributed by atoms with Crippen LogP contribution in [-0.4, -0.2) is 11.7 Å². The Hall–Kier alpha value is -1.35. The van der Waals surface area contributed by atoms with E-state index in [1.165, 1.54) is 12.1 Å². The maximum Gasteiger partial charge on any atom is 0.125 e. The predicted molar refractivity (Wildman–Crippen MR) is 46.9 cm³/mol. The summed E-state index contributed by atoms with van der Waals surface area (Å²) in [7, 11) is 0. The summed E-state index contributed by atoms with van der Waals surface area (Å²) in [6.07, 6.45) is 3.19. The lowest BCUT2D eigenvalue weighted by Crippen LogP contribution is -1.90. The summed E-state index contributed by atoms with van der Waals surface area (Å²) in [5, 5.41) is 8.47. The molecule has 12 heavy (non-hydrogen) atoms. The van der Waals surface area contributed by atoms with Crippen LogP contribution in [0.1, 0.15) is 5.56 Å². The minimum Gasteiger partial charge on any atom is -0.398 e. The van der Waals surface area contributed by atoms with Crippen molar-refractivity contribution in [3.8, 4) is 0 Å². The largest absolute Gasteiger partial charge is 0.398 e. The highest BCUT2D eigenvalue weighted by atomic mass is 19.1. The first-order valence-corrected chi connectivity index (χ1v) is 3.56. The molecule has 3 N–H and O–H groups in total. The molecule has 1 aromatic carbocycles. The van der Waals surface area contributed by atoms with E-state index in [0.717, 1.165) is 0 Å². The third-order valence-electron chi connectivity index (χ3n) is 1.45. The fourth-order valence-corrected chi connectivity index (χ4v) is 0.877. The minimum absolute atomic E-state index is 0.0448. The predicted octanol–water partition coefficient (Wildman–Crippen LogP) is 1.41. The van der Waals surface area contributed by atoms with Crippen molar-refractivity contribution >= 4 is 11.8 Å². The van der Waals surface area contributed by atoms with Gasteiger partial charge in [-0.2, -0.15) is 0 Å². The quantitative estimate of drug-likeness (QED) is 0.654. The Morgan fingerprint density at radius 2 is 2.25 bits per heavy atom. The lowest BCUT2D eigenvalue weighted by molar-refractivity contribution is 0.343. The van der Waals surface area contributed by atoms with Gasteiger partial charge in [-0.1, -0.05) is 18.2 Å². The van der Waals surface area contributed by atoms with Crippen LogP contribution in [-0.2, 0) is 0 Å². The molecule has 3 heteroatoms. The SMILES string of the molecule is Nc1cc(F)ccc1C=CCO. The standard InChI is InChI=1S/C9H10FNO/c10-8-4-3-7(2-1-5-12)9(11)6-8/h1-4,6,12H,5,11H2. The molecule has 0 saturated heterocycles. The second-order valence-corrected chi connectivity index (χ2v) is 2.36. The molecule has 2 nitrogen and oxygen atoms in total. The molecule has 0 aliphatic heterocycles. The van der Waals surface area contributed by atoms with Gasteiger partial charge in [-0.25, -0.2) is 4.39 Å². The van der Waals surface area contributed by atoms with Crippen LogP contribution in [0, 0.1) is 5.82 Å². The van der Waals surface area contributed by atoms with Crippen molar-refractivity contribution in [2.45, 2.75) is 0 Å². The van der Waals surface area contributed by atoms with Gasteiger partial charge >= 0.3 is 0 Å². The molecule has 0 heterocycles. The van der Waals surface area contributed by atoms with E-state index in [1.54, 1.807) is 18.2 Å². The molecule has 0 atom stereocenters. The van der Waals surface area contributed by atoms with Gasteiger partial charge in [0.15, 0.2) is 0 Å². The number of nitrogens with two attached hydrogens (primary N) is 1. The molecule has 0 aliphatic carbocycles. The van der Waals surface area contributed by atoms with Crippen molar-refractivity contribution in [1.29, 1.82) is 0 Å². The molecular formula is C9H10FNO. The summed E-state index contributed by atoms with van der Waals surface area (Å²) in [5.41, 5.74) is 6.58. The van der Waals surface area contributed by atoms with Gasteiger partial charge in [-0.05, 0) is 17.7 Å². The van der Waals surface area contributed by atoms with Crippen LogP contribution in [0.4, 0.5) is 10.1 Å². The van der Waals surface area contributed by atoms with Crippen LogP contribution in [0.2, 0.25) is 0 Å². The fourth-order valence-electron chi connectivity index (χ4n) is 0.877. The summed E-state index contributed by atoms with van der Waals surface area (Å²) in [6.45, 7) is -0.0448. The molecule has 1 rings (SSSR count). The Balaban J connectivity index is 2.94. The molecule has 0 aliphatic rings. The highest BCUT2D eigenvalue weighted by molar-refractivity contribution is 5.64. The van der Waals surface area contributed by atoms with E-state index in [0.29, 0.717) is 11.3 Å². The highest BCUT2D eigenvalue weighted by Gasteiger charge is 1.95. The van der Waals surface area contributed by atoms with Crippen molar-refractivity contribution in [1.82, 2.24) is 0 Å². The van der Waals surface area contributed by atoms with Gasteiger partial charge in [0.2, 0.25) is 0 Å². The smallest absolute Gasteiger partial charge is 0.125 e. The molecule has 0 spiro atoms. The van der Waals surface area contributed by atoms with E-state index >= 15 is 0 Å². The lowest BCUT2D eigenvalue weighted by atomic mass is 10.1. The monoisotopic (exact) mass is 167 g/mol. The molecule has 1 aromatic rings. The number of nitrogen functional groups attached to an aromatic ring is 1. The van der Waals surface area contributed by atoms with E-state index in [2.05, 4.69) is 0 Å². The van der Waals surface area contributed by atoms with Crippen molar-refractivity contribution < 1.29 is 9.50 Å². The zero-order valence-corrected chi connectivity index (χ0v) is 6.50. The molecule has 0 saturated carbocycles. The van der Waals surface area contributed by atoms with Gasteiger partial charge in [0.1, 0.15) is 5.82 Å². The number of anilines is 1. The second kappa shape index (κ2) is 3.88. The first-order chi connectivity index (χ1) is 5.74. The number of aliphatic hydroxyl groups excluding tert-OH is 1. The van der Waals surface area contributed by atoms with Crippen LogP contribution >= 0.6 is 0 Å². The van der Waals surface area contributed by atoms with E-state index in [4.69, 9.17) is 10.8 Å². The van der Waals surface area contributed by atoms with E-state index in [1.807, 2.05) is 0 Å². The molecule has 0 bridgehead atoms. The first kappa shape index (κ1) is 8.74. The summed E-state index contributed by atoms with van der Waals surface area (Å²) in [4.78, 5) is 0. The first-order valence-electron chi connectivity index (χ1n) is 3.56. The topological polar surface area (TPSA) is 46.2 Å². The number of rotatable bonds is 2. The number of halogens is 1. The Labute approximate surface area is 70.1 Å². The third-order valence-corrected chi connectivity index (χ3v) is 1.45. The highest BCUT2D eigenvalue weighted by Crippen LogP contribution is 2.14. The third kappa shape index (κ3) is 2.07. The number of aliphatic hydroxyl groups is 1. The second-order valence-electron chi connectivity index (χ2n) is 2.36. The summed E-state index contributed by atoms with van der Waals surface area (Å²) in [6, 6.07) is 4.14. The van der Waals surface area contributed by atoms with Crippen molar-refractivity contribution in [2.24, 2.45) is 0 Å². The zero-order chi connectivity index (χ0) is 8.97. The summed E-state index contributed by atoms with van der Waals surface area (Å²) < 4.78 is 12.5. The van der Waals surface area contributed by atoms with Gasteiger partial charge in [-0.3, -0.25) is 0 Å². The van der Waals surface area contributed by atoms with Gasteiger partial charge in [0.05, 0.1) is 6.61 Å². The van der Waals surface area contributed by atoms with Crippen LogP contribution in [0.3, 0.4) is 0 Å². The van der Waals surface area contributed by atoms with E-state index in [-0.39, 0.29) is 12.4 Å². The summed E-state index contributed by atoms with van der Waals surface area (Å²) >= 11 is 0. The number of hydrogen-bond acceptors (Lipinski definition) is 2. The average molecular weight is 167 g/mol. The van der Waals surface area contributed by atoms with Gasteiger partial charge in [0.25, 0.3) is 0 Å². The maximum absolute atomic E-state index is 12.5. The number of hydrogen-bond donors (Lipinski definition) is 2. The Bertz CT molecular complexity index is 297.